The fraction of sp³-hybridized carbons (Fsp3) is 0.917. The number of methoxy groups -OCH3 is 1. The van der Waals surface area contributed by atoms with Gasteiger partial charge >= 0.3 is 5.97 Å². The van der Waals surface area contributed by atoms with Gasteiger partial charge in [-0.05, 0) is 25.3 Å². The molecule has 88 valence electrons. The van der Waals surface area contributed by atoms with Crippen molar-refractivity contribution in [3.05, 3.63) is 0 Å². The lowest BCUT2D eigenvalue weighted by atomic mass is 9.95. The Bertz CT molecular complexity index is 238. The Kier molecular flexibility index (Phi) is 3.44. The maximum atomic E-state index is 11.5. The zero-order valence-electron chi connectivity index (χ0n) is 10.6. The molecule has 0 atom stereocenters. The Morgan fingerprint density at radius 3 is 2.27 bits per heavy atom. The maximum absolute atomic E-state index is 11.5. The average molecular weight is 213 g/mol. The molecule has 0 N–H and O–H groups in total. The van der Waals surface area contributed by atoms with E-state index >= 15 is 0 Å². The van der Waals surface area contributed by atoms with Crippen LogP contribution in [0.15, 0.2) is 0 Å². The molecule has 0 spiro atoms. The van der Waals surface area contributed by atoms with E-state index in [0.29, 0.717) is 0 Å². The van der Waals surface area contributed by atoms with Crippen LogP contribution in [0.2, 0.25) is 0 Å². The number of ether oxygens (including phenoxy) is 1. The minimum absolute atomic E-state index is 0.0386. The zero-order chi connectivity index (χ0) is 11.7. The van der Waals surface area contributed by atoms with E-state index in [1.54, 1.807) is 0 Å². The number of carbonyl (C=O) groups is 1. The predicted octanol–water partition coefficient (Wildman–Crippen LogP) is 1.92. The summed E-state index contributed by atoms with van der Waals surface area (Å²) in [7, 11) is 3.56. The van der Waals surface area contributed by atoms with E-state index in [2.05, 4.69) is 32.7 Å². The second kappa shape index (κ2) is 4.12. The van der Waals surface area contributed by atoms with Crippen molar-refractivity contribution in [1.82, 2.24) is 4.90 Å². The molecule has 1 aliphatic rings. The summed E-state index contributed by atoms with van der Waals surface area (Å²) in [5.74, 6) is -0.0386. The highest BCUT2D eigenvalue weighted by atomic mass is 16.5. The molecule has 0 saturated heterocycles. The Labute approximate surface area is 92.8 Å². The number of esters is 1. The lowest BCUT2D eigenvalue weighted by molar-refractivity contribution is -0.147. The highest BCUT2D eigenvalue weighted by Gasteiger charge is 2.51. The van der Waals surface area contributed by atoms with Gasteiger partial charge in [0.15, 0.2) is 0 Å². The van der Waals surface area contributed by atoms with Crippen LogP contribution in [0.5, 0.6) is 0 Å². The number of rotatable bonds is 4. The molecule has 1 saturated carbocycles. The highest BCUT2D eigenvalue weighted by molar-refractivity contribution is 5.80. The van der Waals surface area contributed by atoms with Crippen molar-refractivity contribution in [2.45, 2.75) is 33.6 Å². The first-order valence-electron chi connectivity index (χ1n) is 5.56. The summed E-state index contributed by atoms with van der Waals surface area (Å²) in [4.78, 5) is 13.8. The normalized spacial score (nSPS) is 19.1. The van der Waals surface area contributed by atoms with E-state index in [1.807, 2.05) is 0 Å². The summed E-state index contributed by atoms with van der Waals surface area (Å²) < 4.78 is 4.84. The average Bonchev–Trinajstić information content (AvgIpc) is 2.80. The lowest BCUT2D eigenvalue weighted by Gasteiger charge is -2.28. The summed E-state index contributed by atoms with van der Waals surface area (Å²) in [6.07, 6.45) is 1.96. The Hall–Kier alpha value is -0.570. The standard InChI is InChI=1S/C12H23NO2/c1-11(2,3)8-13(4)9-12(6-7-12)10(14)15-5/h6-9H2,1-5H3. The quantitative estimate of drug-likeness (QED) is 0.668. The summed E-state index contributed by atoms with van der Waals surface area (Å²) in [6, 6.07) is 0. The van der Waals surface area contributed by atoms with Crippen LogP contribution in [-0.2, 0) is 9.53 Å². The molecule has 0 aliphatic heterocycles. The number of carbonyl (C=O) groups excluding carboxylic acids is 1. The molecule has 15 heavy (non-hydrogen) atoms. The van der Waals surface area contributed by atoms with Gasteiger partial charge in [-0.25, -0.2) is 0 Å². The molecule has 0 bridgehead atoms. The molecule has 0 heterocycles. The molecule has 0 aromatic heterocycles. The van der Waals surface area contributed by atoms with E-state index in [4.69, 9.17) is 4.74 Å². The summed E-state index contributed by atoms with van der Waals surface area (Å²) in [6.45, 7) is 8.46. The molecule has 1 rings (SSSR count). The third-order valence-electron chi connectivity index (χ3n) is 2.79. The molecule has 0 unspecified atom stereocenters. The lowest BCUT2D eigenvalue weighted by Crippen LogP contribution is -2.37. The fourth-order valence-corrected chi connectivity index (χ4v) is 2.18. The summed E-state index contributed by atoms with van der Waals surface area (Å²) >= 11 is 0. The molecule has 0 amide bonds. The van der Waals surface area contributed by atoms with E-state index in [0.717, 1.165) is 25.9 Å². The van der Waals surface area contributed by atoms with Gasteiger partial charge in [0.05, 0.1) is 12.5 Å². The first-order chi connectivity index (χ1) is 6.79. The van der Waals surface area contributed by atoms with Crippen molar-refractivity contribution in [3.8, 4) is 0 Å². The van der Waals surface area contributed by atoms with Crippen LogP contribution in [0.4, 0.5) is 0 Å². The molecule has 1 fully saturated rings. The van der Waals surface area contributed by atoms with E-state index < -0.39 is 0 Å². The first-order valence-corrected chi connectivity index (χ1v) is 5.56. The van der Waals surface area contributed by atoms with Gasteiger partial charge in [0.25, 0.3) is 0 Å². The zero-order valence-corrected chi connectivity index (χ0v) is 10.6. The Balaban J connectivity index is 2.45. The fourth-order valence-electron chi connectivity index (χ4n) is 2.18. The topological polar surface area (TPSA) is 29.5 Å². The van der Waals surface area contributed by atoms with Crippen LogP contribution in [-0.4, -0.2) is 38.1 Å². The first kappa shape index (κ1) is 12.5. The minimum Gasteiger partial charge on any atom is -0.469 e. The summed E-state index contributed by atoms with van der Waals surface area (Å²) in [5.41, 5.74) is 0.0930. The van der Waals surface area contributed by atoms with Crippen LogP contribution in [0, 0.1) is 10.8 Å². The van der Waals surface area contributed by atoms with E-state index in [1.165, 1.54) is 7.11 Å². The molecule has 0 aromatic rings. The number of nitrogens with zero attached hydrogens (tertiary/aromatic N) is 1. The molecule has 3 nitrogen and oxygen atoms in total. The van der Waals surface area contributed by atoms with Crippen LogP contribution in [0.25, 0.3) is 0 Å². The van der Waals surface area contributed by atoms with Crippen molar-refractivity contribution < 1.29 is 9.53 Å². The second-order valence-electron chi connectivity index (χ2n) is 6.00. The van der Waals surface area contributed by atoms with Gasteiger partial charge in [0, 0.05) is 13.1 Å². The van der Waals surface area contributed by atoms with Gasteiger partial charge in [-0.3, -0.25) is 4.79 Å². The molecule has 0 radical (unpaired) electrons. The van der Waals surface area contributed by atoms with Crippen LogP contribution >= 0.6 is 0 Å². The third kappa shape index (κ3) is 3.49. The van der Waals surface area contributed by atoms with Crippen molar-refractivity contribution in [2.75, 3.05) is 27.2 Å². The SMILES string of the molecule is COC(=O)C1(CN(C)CC(C)(C)C)CC1. The van der Waals surface area contributed by atoms with Gasteiger partial charge in [-0.1, -0.05) is 20.8 Å². The van der Waals surface area contributed by atoms with E-state index in [-0.39, 0.29) is 16.8 Å². The molecule has 0 aromatic carbocycles. The van der Waals surface area contributed by atoms with Crippen LogP contribution in [0.1, 0.15) is 33.6 Å². The highest BCUT2D eigenvalue weighted by Crippen LogP contribution is 2.47. The maximum Gasteiger partial charge on any atom is 0.313 e. The number of hydrogen-bond donors (Lipinski definition) is 0. The smallest absolute Gasteiger partial charge is 0.313 e. The predicted molar refractivity (Wildman–Crippen MR) is 60.6 cm³/mol. The van der Waals surface area contributed by atoms with Gasteiger partial charge in [0.1, 0.15) is 0 Å². The van der Waals surface area contributed by atoms with Crippen molar-refractivity contribution in [3.63, 3.8) is 0 Å². The molecular formula is C12H23NO2. The van der Waals surface area contributed by atoms with Gasteiger partial charge in [0.2, 0.25) is 0 Å². The second-order valence-corrected chi connectivity index (χ2v) is 6.00. The van der Waals surface area contributed by atoms with Crippen molar-refractivity contribution >= 4 is 5.97 Å². The van der Waals surface area contributed by atoms with Crippen LogP contribution in [0.3, 0.4) is 0 Å². The molecule has 3 heteroatoms. The summed E-state index contributed by atoms with van der Waals surface area (Å²) in [5, 5.41) is 0. The van der Waals surface area contributed by atoms with Gasteiger partial charge in [-0.15, -0.1) is 0 Å². The molecular weight excluding hydrogens is 190 g/mol. The largest absolute Gasteiger partial charge is 0.469 e. The minimum atomic E-state index is -0.186. The Morgan fingerprint density at radius 1 is 1.40 bits per heavy atom. The van der Waals surface area contributed by atoms with Gasteiger partial charge < -0.3 is 9.64 Å². The Morgan fingerprint density at radius 2 is 1.93 bits per heavy atom. The van der Waals surface area contributed by atoms with Gasteiger partial charge in [-0.2, -0.15) is 0 Å². The van der Waals surface area contributed by atoms with E-state index in [9.17, 15) is 4.79 Å². The molecule has 1 aliphatic carbocycles. The van der Waals surface area contributed by atoms with Crippen LogP contribution < -0.4 is 0 Å². The van der Waals surface area contributed by atoms with Crippen molar-refractivity contribution in [2.24, 2.45) is 10.8 Å². The monoisotopic (exact) mass is 213 g/mol. The van der Waals surface area contributed by atoms with Crippen molar-refractivity contribution in [1.29, 1.82) is 0 Å². The third-order valence-corrected chi connectivity index (χ3v) is 2.79. The number of hydrogen-bond acceptors (Lipinski definition) is 3.